The van der Waals surface area contributed by atoms with Gasteiger partial charge < -0.3 is 16.4 Å². The summed E-state index contributed by atoms with van der Waals surface area (Å²) in [6, 6.07) is -0.427. The number of nitrogens with one attached hydrogen (secondary N) is 2. The lowest BCUT2D eigenvalue weighted by Gasteiger charge is -2.15. The highest BCUT2D eigenvalue weighted by atomic mass is 16.2. The van der Waals surface area contributed by atoms with E-state index >= 15 is 0 Å². The lowest BCUT2D eigenvalue weighted by molar-refractivity contribution is -0.135. The third kappa shape index (κ3) is 10.5. The summed E-state index contributed by atoms with van der Waals surface area (Å²) in [7, 11) is 3.00. The quantitative estimate of drug-likeness (QED) is 0.461. The molecule has 4 amide bonds. The van der Waals surface area contributed by atoms with Crippen LogP contribution >= 0.6 is 0 Å². The molecule has 4 N–H and O–H groups in total. The fraction of sp³-hybridized carbons (Fsp3) is 0.625. The SMILES string of the molecule is CC.CN1C(=O)C=CC1=O.CNC(=O)C(CCCCN)NC(C)=O. The van der Waals surface area contributed by atoms with Crippen molar-refractivity contribution in [2.24, 2.45) is 5.73 Å². The van der Waals surface area contributed by atoms with Gasteiger partial charge >= 0.3 is 0 Å². The summed E-state index contributed by atoms with van der Waals surface area (Å²) in [4.78, 5) is 43.9. The van der Waals surface area contributed by atoms with Gasteiger partial charge in [-0.3, -0.25) is 24.1 Å². The van der Waals surface area contributed by atoms with Crippen molar-refractivity contribution in [2.75, 3.05) is 20.6 Å². The Bertz CT molecular complexity index is 431. The molecular weight excluding hydrogens is 312 g/mol. The first-order valence-electron chi connectivity index (χ1n) is 8.02. The third-order valence-electron chi connectivity index (χ3n) is 2.92. The van der Waals surface area contributed by atoms with Gasteiger partial charge in [0.15, 0.2) is 0 Å². The van der Waals surface area contributed by atoms with Crippen LogP contribution in [0.15, 0.2) is 12.2 Å². The Kier molecular flexibility index (Phi) is 14.4. The molecule has 0 aromatic carbocycles. The molecule has 138 valence electrons. The average Bonchev–Trinajstić information content (AvgIpc) is 2.86. The number of unbranched alkanes of at least 4 members (excludes halogenated alkanes) is 1. The van der Waals surface area contributed by atoms with Gasteiger partial charge in [0.25, 0.3) is 11.8 Å². The first-order chi connectivity index (χ1) is 11.3. The summed E-state index contributed by atoms with van der Waals surface area (Å²) < 4.78 is 0. The van der Waals surface area contributed by atoms with E-state index in [0.717, 1.165) is 17.7 Å². The van der Waals surface area contributed by atoms with E-state index in [-0.39, 0.29) is 23.6 Å². The van der Waals surface area contributed by atoms with Crippen molar-refractivity contribution in [2.45, 2.75) is 46.1 Å². The van der Waals surface area contributed by atoms with Crippen molar-refractivity contribution in [3.63, 3.8) is 0 Å². The number of carbonyl (C=O) groups excluding carboxylic acids is 4. The first kappa shape index (κ1) is 24.0. The van der Waals surface area contributed by atoms with Crippen LogP contribution in [0.4, 0.5) is 0 Å². The van der Waals surface area contributed by atoms with Crippen LogP contribution in [0.3, 0.4) is 0 Å². The fourth-order valence-corrected chi connectivity index (χ4v) is 1.66. The smallest absolute Gasteiger partial charge is 0.253 e. The number of likely N-dealkylation sites (N-methyl/N-ethyl adjacent to an activating group) is 2. The van der Waals surface area contributed by atoms with Gasteiger partial charge in [-0.1, -0.05) is 13.8 Å². The normalized spacial score (nSPS) is 13.3. The largest absolute Gasteiger partial charge is 0.357 e. The van der Waals surface area contributed by atoms with E-state index in [1.54, 1.807) is 7.05 Å². The third-order valence-corrected chi connectivity index (χ3v) is 2.92. The van der Waals surface area contributed by atoms with E-state index in [0.29, 0.717) is 13.0 Å². The van der Waals surface area contributed by atoms with Crippen LogP contribution in [0, 0.1) is 0 Å². The van der Waals surface area contributed by atoms with Gasteiger partial charge in [-0.2, -0.15) is 0 Å². The number of hydrogen-bond acceptors (Lipinski definition) is 5. The van der Waals surface area contributed by atoms with E-state index in [1.165, 1.54) is 26.1 Å². The van der Waals surface area contributed by atoms with Crippen molar-refractivity contribution >= 4 is 23.6 Å². The Morgan fingerprint density at radius 2 is 1.67 bits per heavy atom. The zero-order chi connectivity index (χ0) is 19.1. The van der Waals surface area contributed by atoms with Crippen LogP contribution in [0.25, 0.3) is 0 Å². The molecule has 1 unspecified atom stereocenters. The Balaban J connectivity index is 0. The molecule has 8 nitrogen and oxygen atoms in total. The number of carbonyl (C=O) groups is 4. The van der Waals surface area contributed by atoms with Crippen molar-refractivity contribution < 1.29 is 19.2 Å². The Hall–Kier alpha value is -2.22. The molecular formula is C16H30N4O4. The van der Waals surface area contributed by atoms with E-state index in [9.17, 15) is 19.2 Å². The van der Waals surface area contributed by atoms with Crippen LogP contribution in [0.5, 0.6) is 0 Å². The number of rotatable bonds is 6. The lowest BCUT2D eigenvalue weighted by Crippen LogP contribution is -2.44. The Morgan fingerprint density at radius 3 is 1.96 bits per heavy atom. The molecule has 24 heavy (non-hydrogen) atoms. The number of nitrogens with zero attached hydrogens (tertiary/aromatic N) is 1. The maximum atomic E-state index is 11.3. The molecule has 1 rings (SSSR count). The monoisotopic (exact) mass is 342 g/mol. The van der Waals surface area contributed by atoms with Gasteiger partial charge in [0.2, 0.25) is 11.8 Å². The second-order valence-electron chi connectivity index (χ2n) is 4.72. The summed E-state index contributed by atoms with van der Waals surface area (Å²) in [6.07, 6.45) is 4.85. The fourth-order valence-electron chi connectivity index (χ4n) is 1.66. The number of imide groups is 1. The summed E-state index contributed by atoms with van der Waals surface area (Å²) >= 11 is 0. The molecule has 1 heterocycles. The molecule has 8 heteroatoms. The molecule has 1 aliphatic rings. The highest BCUT2D eigenvalue weighted by molar-refractivity contribution is 6.12. The van der Waals surface area contributed by atoms with Crippen molar-refractivity contribution in [1.29, 1.82) is 0 Å². The van der Waals surface area contributed by atoms with Gasteiger partial charge in [0.05, 0.1) is 0 Å². The standard InChI is InChI=1S/C9H19N3O2.C5H5NO2.C2H6/c1-7(13)12-8(9(14)11-2)5-3-4-6-10;1-6-4(7)2-3-5(6)8;1-2/h8H,3-6,10H2,1-2H3,(H,11,14)(H,12,13);2-3H,1H3;1-2H3. The molecule has 0 radical (unpaired) electrons. The second-order valence-corrected chi connectivity index (χ2v) is 4.72. The molecule has 0 bridgehead atoms. The second kappa shape index (κ2) is 14.4. The van der Waals surface area contributed by atoms with E-state index in [1.807, 2.05) is 13.8 Å². The van der Waals surface area contributed by atoms with Crippen molar-refractivity contribution in [3.05, 3.63) is 12.2 Å². The Morgan fingerprint density at radius 1 is 1.17 bits per heavy atom. The highest BCUT2D eigenvalue weighted by Crippen LogP contribution is 2.00. The predicted molar refractivity (Wildman–Crippen MR) is 92.8 cm³/mol. The van der Waals surface area contributed by atoms with Crippen LogP contribution in [0.1, 0.15) is 40.0 Å². The minimum absolute atomic E-state index is 0.155. The van der Waals surface area contributed by atoms with E-state index in [2.05, 4.69) is 10.6 Å². The molecule has 0 aromatic rings. The summed E-state index contributed by atoms with van der Waals surface area (Å²) in [5, 5.41) is 5.11. The first-order valence-corrected chi connectivity index (χ1v) is 8.02. The minimum Gasteiger partial charge on any atom is -0.357 e. The molecule has 0 aromatic heterocycles. The minimum atomic E-state index is -0.427. The number of amides is 4. The van der Waals surface area contributed by atoms with Gasteiger partial charge in [-0.05, 0) is 25.8 Å². The maximum absolute atomic E-state index is 11.3. The number of nitrogens with two attached hydrogens (primary N) is 1. The predicted octanol–water partition coefficient (Wildman–Crippen LogP) is -0.0665. The van der Waals surface area contributed by atoms with Crippen LogP contribution in [-0.2, 0) is 19.2 Å². The zero-order valence-electron chi connectivity index (χ0n) is 15.2. The van der Waals surface area contributed by atoms with E-state index in [4.69, 9.17) is 5.73 Å². The number of hydrogen-bond donors (Lipinski definition) is 3. The van der Waals surface area contributed by atoms with Crippen LogP contribution < -0.4 is 16.4 Å². The summed E-state index contributed by atoms with van der Waals surface area (Å²) in [6.45, 7) is 6.01. The molecule has 1 aliphatic heterocycles. The van der Waals surface area contributed by atoms with Crippen LogP contribution in [-0.4, -0.2) is 55.2 Å². The molecule has 0 fully saturated rings. The van der Waals surface area contributed by atoms with Gasteiger partial charge in [0.1, 0.15) is 6.04 Å². The topological polar surface area (TPSA) is 122 Å². The summed E-state index contributed by atoms with van der Waals surface area (Å²) in [5.41, 5.74) is 5.34. The summed E-state index contributed by atoms with van der Waals surface area (Å²) in [5.74, 6) is -0.825. The maximum Gasteiger partial charge on any atom is 0.253 e. The Labute approximate surface area is 143 Å². The lowest BCUT2D eigenvalue weighted by atomic mass is 10.1. The van der Waals surface area contributed by atoms with Gasteiger partial charge in [0, 0.05) is 33.2 Å². The molecule has 0 aliphatic carbocycles. The molecule has 0 saturated heterocycles. The van der Waals surface area contributed by atoms with E-state index < -0.39 is 6.04 Å². The zero-order valence-corrected chi connectivity index (χ0v) is 15.2. The molecule has 0 saturated carbocycles. The van der Waals surface area contributed by atoms with Crippen LogP contribution in [0.2, 0.25) is 0 Å². The van der Waals surface area contributed by atoms with Crippen molar-refractivity contribution in [3.8, 4) is 0 Å². The van der Waals surface area contributed by atoms with Gasteiger partial charge in [-0.15, -0.1) is 0 Å². The average molecular weight is 342 g/mol. The highest BCUT2D eigenvalue weighted by Gasteiger charge is 2.17. The molecule has 0 spiro atoms. The van der Waals surface area contributed by atoms with Gasteiger partial charge in [-0.25, -0.2) is 0 Å². The molecule has 1 atom stereocenters. The van der Waals surface area contributed by atoms with Crippen molar-refractivity contribution in [1.82, 2.24) is 15.5 Å².